The fraction of sp³-hybridized carbons (Fsp3) is 0.133. The average molecular weight is 454 g/mol. The molecule has 1 aromatic carbocycles. The van der Waals surface area contributed by atoms with Gasteiger partial charge in [0.2, 0.25) is 5.82 Å². The Kier molecular flexibility index (Phi) is 6.05. The van der Waals surface area contributed by atoms with Crippen molar-refractivity contribution in [2.45, 2.75) is 4.90 Å². The number of nitrogens with one attached hydrogen (secondary N) is 3. The number of aryl methyl sites for hydroxylation is 1. The molecule has 0 aliphatic rings. The first-order chi connectivity index (χ1) is 13.8. The molecule has 0 fully saturated rings. The molecule has 11 nitrogen and oxygen atoms in total. The standard InChI is InChI=1S/C15H15N7O4S3/c1-22-8-7-11(18-22)13(23)17-15(27)16-9-3-5-10(6-4-9)29(24,25)21-12-14(26-2)20-28-19-12/h3-8H,1-2H3,(H,19,21)(H2,16,17,23,27). The summed E-state index contributed by atoms with van der Waals surface area (Å²) in [7, 11) is -0.822. The van der Waals surface area contributed by atoms with E-state index in [4.69, 9.17) is 17.0 Å². The van der Waals surface area contributed by atoms with Crippen molar-refractivity contribution in [2.75, 3.05) is 17.1 Å². The number of benzene rings is 1. The van der Waals surface area contributed by atoms with E-state index in [-0.39, 0.29) is 27.4 Å². The number of thiocarbonyl (C=S) groups is 1. The van der Waals surface area contributed by atoms with Crippen molar-refractivity contribution in [3.63, 3.8) is 0 Å². The number of amides is 1. The number of rotatable bonds is 6. The molecule has 0 aliphatic carbocycles. The van der Waals surface area contributed by atoms with Gasteiger partial charge in [-0.15, -0.1) is 4.37 Å². The normalized spacial score (nSPS) is 11.0. The van der Waals surface area contributed by atoms with Crippen LogP contribution in [0.5, 0.6) is 5.88 Å². The molecule has 0 radical (unpaired) electrons. The summed E-state index contributed by atoms with van der Waals surface area (Å²) in [6.45, 7) is 0. The van der Waals surface area contributed by atoms with E-state index in [0.29, 0.717) is 5.69 Å². The van der Waals surface area contributed by atoms with Gasteiger partial charge in [-0.2, -0.15) is 9.47 Å². The van der Waals surface area contributed by atoms with Gasteiger partial charge in [0.15, 0.2) is 10.8 Å². The van der Waals surface area contributed by atoms with Gasteiger partial charge in [0.05, 0.1) is 23.7 Å². The van der Waals surface area contributed by atoms with E-state index in [1.165, 1.54) is 36.1 Å². The fourth-order valence-corrected chi connectivity index (χ4v) is 3.90. The Labute approximate surface area is 175 Å². The second-order valence-corrected chi connectivity index (χ2v) is 8.15. The van der Waals surface area contributed by atoms with Crippen LogP contribution in [-0.4, -0.2) is 45.1 Å². The number of sulfonamides is 1. The molecular formula is C15H15N7O4S3. The van der Waals surface area contributed by atoms with E-state index in [1.54, 1.807) is 19.3 Å². The molecule has 3 N–H and O–H groups in total. The first kappa shape index (κ1) is 20.6. The maximum Gasteiger partial charge on any atom is 0.277 e. The number of ether oxygens (including phenoxy) is 1. The Morgan fingerprint density at radius 2 is 1.93 bits per heavy atom. The summed E-state index contributed by atoms with van der Waals surface area (Å²) in [6, 6.07) is 7.31. The third-order valence-electron chi connectivity index (χ3n) is 3.48. The third-order valence-corrected chi connectivity index (χ3v) is 5.55. The average Bonchev–Trinajstić information content (AvgIpc) is 3.30. The molecule has 0 unspecified atom stereocenters. The monoisotopic (exact) mass is 453 g/mol. The van der Waals surface area contributed by atoms with Crippen molar-refractivity contribution >= 4 is 56.5 Å². The number of hydrogen-bond acceptors (Lipinski definition) is 9. The van der Waals surface area contributed by atoms with Gasteiger partial charge in [0.25, 0.3) is 21.8 Å². The van der Waals surface area contributed by atoms with Crippen LogP contribution in [0.4, 0.5) is 11.5 Å². The second-order valence-electron chi connectivity index (χ2n) is 5.53. The smallest absolute Gasteiger partial charge is 0.277 e. The lowest BCUT2D eigenvalue weighted by atomic mass is 10.3. The number of methoxy groups -OCH3 is 1. The highest BCUT2D eigenvalue weighted by atomic mass is 32.2. The zero-order valence-corrected chi connectivity index (χ0v) is 17.6. The molecule has 2 aromatic heterocycles. The molecule has 0 atom stereocenters. The summed E-state index contributed by atoms with van der Waals surface area (Å²) in [4.78, 5) is 12.0. The van der Waals surface area contributed by atoms with Gasteiger partial charge >= 0.3 is 0 Å². The van der Waals surface area contributed by atoms with Gasteiger partial charge in [0, 0.05) is 18.9 Å². The summed E-state index contributed by atoms with van der Waals surface area (Å²) in [5, 5.41) is 9.32. The van der Waals surface area contributed by atoms with Crippen molar-refractivity contribution in [2.24, 2.45) is 7.05 Å². The Morgan fingerprint density at radius 1 is 1.21 bits per heavy atom. The quantitative estimate of drug-likeness (QED) is 0.470. The van der Waals surface area contributed by atoms with Crippen LogP contribution < -0.4 is 20.1 Å². The van der Waals surface area contributed by atoms with Crippen LogP contribution in [0.15, 0.2) is 41.4 Å². The maximum atomic E-state index is 12.5. The molecule has 0 bridgehead atoms. The van der Waals surface area contributed by atoms with Crippen molar-refractivity contribution in [3.05, 3.63) is 42.2 Å². The highest BCUT2D eigenvalue weighted by Gasteiger charge is 2.19. The van der Waals surface area contributed by atoms with E-state index in [2.05, 4.69) is 29.2 Å². The van der Waals surface area contributed by atoms with Crippen molar-refractivity contribution in [3.8, 4) is 5.88 Å². The SMILES string of the molecule is COc1nsnc1NS(=O)(=O)c1ccc(NC(=S)NC(=O)c2ccn(C)n2)cc1. The van der Waals surface area contributed by atoms with Crippen LogP contribution in [0.2, 0.25) is 0 Å². The van der Waals surface area contributed by atoms with Crippen molar-refractivity contribution in [1.29, 1.82) is 0 Å². The number of aromatic nitrogens is 4. The molecule has 14 heteroatoms. The van der Waals surface area contributed by atoms with Gasteiger partial charge < -0.3 is 10.1 Å². The lowest BCUT2D eigenvalue weighted by molar-refractivity contribution is 0.0972. The molecule has 0 aliphatic heterocycles. The van der Waals surface area contributed by atoms with Crippen LogP contribution >= 0.6 is 23.9 Å². The Hall–Kier alpha value is -3.10. The topological polar surface area (TPSA) is 140 Å². The van der Waals surface area contributed by atoms with Gasteiger partial charge in [-0.3, -0.25) is 19.5 Å². The third kappa shape index (κ3) is 5.04. The van der Waals surface area contributed by atoms with Crippen LogP contribution in [0, 0.1) is 0 Å². The van der Waals surface area contributed by atoms with Gasteiger partial charge in [-0.25, -0.2) is 8.42 Å². The van der Waals surface area contributed by atoms with Crippen LogP contribution in [0.25, 0.3) is 0 Å². The molecule has 29 heavy (non-hydrogen) atoms. The number of anilines is 2. The minimum absolute atomic E-state index is 0.00143. The number of carbonyl (C=O) groups excluding carboxylic acids is 1. The lowest BCUT2D eigenvalue weighted by Gasteiger charge is -2.10. The summed E-state index contributed by atoms with van der Waals surface area (Å²) < 4.78 is 41.3. The highest BCUT2D eigenvalue weighted by molar-refractivity contribution is 7.92. The summed E-state index contributed by atoms with van der Waals surface area (Å²) in [5.41, 5.74) is 0.708. The van der Waals surface area contributed by atoms with Gasteiger partial charge in [0.1, 0.15) is 0 Å². The molecule has 0 saturated heterocycles. The highest BCUT2D eigenvalue weighted by Crippen LogP contribution is 2.24. The zero-order chi connectivity index (χ0) is 21.0. The fourth-order valence-electron chi connectivity index (χ4n) is 2.15. The molecular weight excluding hydrogens is 438 g/mol. The van der Waals surface area contributed by atoms with E-state index in [0.717, 1.165) is 11.7 Å². The number of hydrogen-bond donors (Lipinski definition) is 3. The predicted octanol–water partition coefficient (Wildman–Crippen LogP) is 1.21. The Bertz CT molecular complexity index is 1140. The summed E-state index contributed by atoms with van der Waals surface area (Å²) in [5.74, 6) is -0.360. The van der Waals surface area contributed by atoms with E-state index in [1.807, 2.05) is 0 Å². The number of carbonyl (C=O) groups is 1. The second kappa shape index (κ2) is 8.50. The summed E-state index contributed by atoms with van der Waals surface area (Å²) >= 11 is 5.92. The maximum absolute atomic E-state index is 12.5. The van der Waals surface area contributed by atoms with E-state index in [9.17, 15) is 13.2 Å². The van der Waals surface area contributed by atoms with Crippen molar-refractivity contribution in [1.82, 2.24) is 23.8 Å². The molecule has 3 aromatic rings. The Morgan fingerprint density at radius 3 is 2.55 bits per heavy atom. The molecule has 0 saturated carbocycles. The van der Waals surface area contributed by atoms with Gasteiger partial charge in [-0.05, 0) is 42.5 Å². The first-order valence-corrected chi connectivity index (χ1v) is 10.5. The van der Waals surface area contributed by atoms with Crippen LogP contribution in [0.3, 0.4) is 0 Å². The van der Waals surface area contributed by atoms with Gasteiger partial charge in [-0.1, -0.05) is 0 Å². The largest absolute Gasteiger partial charge is 0.478 e. The molecule has 152 valence electrons. The summed E-state index contributed by atoms with van der Waals surface area (Å²) in [6.07, 6.45) is 1.63. The van der Waals surface area contributed by atoms with E-state index < -0.39 is 15.9 Å². The predicted molar refractivity (Wildman–Crippen MR) is 111 cm³/mol. The minimum Gasteiger partial charge on any atom is -0.478 e. The minimum atomic E-state index is -3.88. The number of nitrogens with zero attached hydrogens (tertiary/aromatic N) is 4. The lowest BCUT2D eigenvalue weighted by Crippen LogP contribution is -2.34. The molecule has 1 amide bonds. The first-order valence-electron chi connectivity index (χ1n) is 7.90. The molecule has 0 spiro atoms. The molecule has 2 heterocycles. The van der Waals surface area contributed by atoms with E-state index >= 15 is 0 Å². The van der Waals surface area contributed by atoms with Crippen molar-refractivity contribution < 1.29 is 17.9 Å². The van der Waals surface area contributed by atoms with Crippen LogP contribution in [-0.2, 0) is 17.1 Å². The molecule has 3 rings (SSSR count). The zero-order valence-electron chi connectivity index (χ0n) is 15.1. The van der Waals surface area contributed by atoms with Crippen LogP contribution in [0.1, 0.15) is 10.5 Å². The Balaban J connectivity index is 1.63.